The van der Waals surface area contributed by atoms with Crippen molar-refractivity contribution in [1.82, 2.24) is 30.3 Å². The summed E-state index contributed by atoms with van der Waals surface area (Å²) in [6.45, 7) is 14.2. The Bertz CT molecular complexity index is 1290. The van der Waals surface area contributed by atoms with Gasteiger partial charge in [0.15, 0.2) is 5.82 Å². The number of carbonyl (C=O) groups is 2. The average Bonchev–Trinajstić information content (AvgIpc) is 3.43. The molecule has 44 heavy (non-hydrogen) atoms. The van der Waals surface area contributed by atoms with Gasteiger partial charge in [-0.2, -0.15) is 0 Å². The maximum Gasteiger partial charge on any atom is 0.406 e. The van der Waals surface area contributed by atoms with Crippen LogP contribution in [0.15, 0.2) is 24.5 Å². The SMILES string of the molecule is CCN(C(=O)c1cc(F)ccc1Oc1nncnc1N1CCC2(C1)CN(C(C[C@H](COC(=O)NC)OC)C(C)C)C2)C(C)C. The predicted molar refractivity (Wildman–Crippen MR) is 163 cm³/mol. The van der Waals surface area contributed by atoms with Crippen LogP contribution in [0.5, 0.6) is 11.6 Å². The van der Waals surface area contributed by atoms with Crippen LogP contribution in [0.25, 0.3) is 0 Å². The van der Waals surface area contributed by atoms with Gasteiger partial charge in [0.25, 0.3) is 11.8 Å². The quantitative estimate of drug-likeness (QED) is 0.354. The number of ether oxygens (including phenoxy) is 3. The first-order chi connectivity index (χ1) is 21.0. The molecular weight excluding hydrogens is 569 g/mol. The van der Waals surface area contributed by atoms with Gasteiger partial charge >= 0.3 is 6.09 Å². The maximum absolute atomic E-state index is 14.3. The monoisotopic (exact) mass is 615 g/mol. The Balaban J connectivity index is 1.45. The van der Waals surface area contributed by atoms with E-state index in [0.717, 1.165) is 39.0 Å². The molecule has 2 amide bonds. The normalized spacial score (nSPS) is 17.5. The van der Waals surface area contributed by atoms with E-state index in [1.807, 2.05) is 20.8 Å². The third-order valence-corrected chi connectivity index (χ3v) is 8.67. The molecule has 12 nitrogen and oxygen atoms in total. The molecule has 2 aliphatic heterocycles. The van der Waals surface area contributed by atoms with E-state index in [9.17, 15) is 14.0 Å². The second-order valence-electron chi connectivity index (χ2n) is 12.3. The molecule has 2 aliphatic rings. The Morgan fingerprint density at radius 1 is 1.18 bits per heavy atom. The second-order valence-corrected chi connectivity index (χ2v) is 12.3. The van der Waals surface area contributed by atoms with Crippen LogP contribution in [-0.2, 0) is 9.47 Å². The highest BCUT2D eigenvalue weighted by molar-refractivity contribution is 5.97. The molecule has 13 heteroatoms. The first-order valence-electron chi connectivity index (χ1n) is 15.3. The fourth-order valence-corrected chi connectivity index (χ4v) is 6.31. The highest BCUT2D eigenvalue weighted by atomic mass is 19.1. The lowest BCUT2D eigenvalue weighted by Gasteiger charge is -2.53. The topological polar surface area (TPSA) is 122 Å². The minimum atomic E-state index is -0.524. The fraction of sp³-hybridized carbons (Fsp3) is 0.645. The minimum absolute atomic E-state index is 0.0632. The number of methoxy groups -OCH3 is 1. The van der Waals surface area contributed by atoms with Gasteiger partial charge < -0.3 is 29.3 Å². The van der Waals surface area contributed by atoms with Crippen molar-refractivity contribution in [2.75, 3.05) is 58.4 Å². The van der Waals surface area contributed by atoms with Crippen LogP contribution < -0.4 is 15.0 Å². The molecule has 0 saturated carbocycles. The number of alkyl carbamates (subject to hydrolysis) is 1. The van der Waals surface area contributed by atoms with Crippen molar-refractivity contribution in [2.45, 2.75) is 65.6 Å². The third-order valence-electron chi connectivity index (χ3n) is 8.67. The van der Waals surface area contributed by atoms with E-state index in [4.69, 9.17) is 14.2 Å². The predicted octanol–water partition coefficient (Wildman–Crippen LogP) is 3.97. The maximum atomic E-state index is 14.3. The molecule has 1 unspecified atom stereocenters. The molecule has 3 heterocycles. The molecule has 2 atom stereocenters. The summed E-state index contributed by atoms with van der Waals surface area (Å²) in [7, 11) is 3.18. The zero-order valence-corrected chi connectivity index (χ0v) is 26.9. The zero-order valence-electron chi connectivity index (χ0n) is 26.9. The van der Waals surface area contributed by atoms with E-state index in [1.54, 1.807) is 12.0 Å². The Morgan fingerprint density at radius 3 is 2.57 bits per heavy atom. The zero-order chi connectivity index (χ0) is 32.0. The summed E-state index contributed by atoms with van der Waals surface area (Å²) in [6, 6.07) is 4.12. The fourth-order valence-electron chi connectivity index (χ4n) is 6.31. The van der Waals surface area contributed by atoms with Gasteiger partial charge in [0, 0.05) is 64.4 Å². The molecule has 242 valence electrons. The highest BCUT2D eigenvalue weighted by Gasteiger charge is 2.50. The molecule has 1 aromatic heterocycles. The lowest BCUT2D eigenvalue weighted by molar-refractivity contribution is -0.0581. The number of carbonyl (C=O) groups excluding carboxylic acids is 2. The van der Waals surface area contributed by atoms with Crippen molar-refractivity contribution in [3.63, 3.8) is 0 Å². The number of nitrogens with one attached hydrogen (secondary N) is 1. The Morgan fingerprint density at radius 2 is 1.93 bits per heavy atom. The summed E-state index contributed by atoms with van der Waals surface area (Å²) < 4.78 is 31.3. The van der Waals surface area contributed by atoms with Crippen molar-refractivity contribution < 1.29 is 28.2 Å². The van der Waals surface area contributed by atoms with Gasteiger partial charge in [-0.05, 0) is 57.7 Å². The van der Waals surface area contributed by atoms with Gasteiger partial charge in [-0.15, -0.1) is 10.2 Å². The number of benzene rings is 1. The van der Waals surface area contributed by atoms with E-state index < -0.39 is 11.9 Å². The van der Waals surface area contributed by atoms with Crippen LogP contribution in [0.3, 0.4) is 0 Å². The van der Waals surface area contributed by atoms with Crippen LogP contribution >= 0.6 is 0 Å². The molecule has 0 bridgehead atoms. The number of hydrogen-bond donors (Lipinski definition) is 1. The number of rotatable bonds is 13. The summed E-state index contributed by atoms with van der Waals surface area (Å²) in [6.07, 6.45) is 2.45. The van der Waals surface area contributed by atoms with Gasteiger partial charge in [-0.25, -0.2) is 14.2 Å². The first kappa shape index (κ1) is 33.3. The Hall–Kier alpha value is -3.58. The molecule has 1 N–H and O–H groups in total. The van der Waals surface area contributed by atoms with E-state index in [0.29, 0.717) is 18.3 Å². The number of aromatic nitrogens is 3. The molecule has 0 radical (unpaired) electrons. The molecule has 0 aliphatic carbocycles. The van der Waals surface area contributed by atoms with Gasteiger partial charge in [-0.3, -0.25) is 9.69 Å². The second kappa shape index (κ2) is 14.5. The van der Waals surface area contributed by atoms with E-state index >= 15 is 0 Å². The van der Waals surface area contributed by atoms with Crippen molar-refractivity contribution in [3.05, 3.63) is 35.9 Å². The molecule has 2 saturated heterocycles. The number of likely N-dealkylation sites (tertiary alicyclic amines) is 1. The number of amides is 2. The summed E-state index contributed by atoms with van der Waals surface area (Å²) in [4.78, 5) is 35.7. The van der Waals surface area contributed by atoms with Gasteiger partial charge in [0.1, 0.15) is 24.5 Å². The Kier molecular flexibility index (Phi) is 11.0. The van der Waals surface area contributed by atoms with Crippen LogP contribution in [0.4, 0.5) is 15.0 Å². The number of anilines is 1. The molecule has 2 aromatic rings. The van der Waals surface area contributed by atoms with Crippen LogP contribution in [0.2, 0.25) is 0 Å². The van der Waals surface area contributed by atoms with Gasteiger partial charge in [0.05, 0.1) is 11.7 Å². The van der Waals surface area contributed by atoms with Crippen LogP contribution in [-0.4, -0.2) is 109 Å². The van der Waals surface area contributed by atoms with Crippen molar-refractivity contribution in [3.8, 4) is 11.6 Å². The van der Waals surface area contributed by atoms with Crippen LogP contribution in [0, 0.1) is 17.2 Å². The van der Waals surface area contributed by atoms with Gasteiger partial charge in [-0.1, -0.05) is 13.8 Å². The molecule has 1 spiro atoms. The molecule has 1 aromatic carbocycles. The summed E-state index contributed by atoms with van der Waals surface area (Å²) >= 11 is 0. The minimum Gasteiger partial charge on any atom is -0.447 e. The standard InChI is InChI=1S/C31H46FN7O5/c1-8-39(21(4)5)29(40)24-13-22(32)9-10-26(24)44-28-27(34-19-35-36-28)37-12-11-31(16-37)17-38(18-31)25(20(2)3)14-23(42-7)15-43-30(41)33-6/h9-10,13,19-21,23,25H,8,11-12,14-18H2,1-7H3,(H,33,41)/t23-,25?/m1/s1. The van der Waals surface area contributed by atoms with E-state index in [2.05, 4.69) is 44.1 Å². The number of halogens is 1. The lowest BCUT2D eigenvalue weighted by atomic mass is 9.76. The number of hydrogen-bond acceptors (Lipinski definition) is 10. The van der Waals surface area contributed by atoms with Crippen molar-refractivity contribution in [1.29, 1.82) is 0 Å². The van der Waals surface area contributed by atoms with Gasteiger partial charge in [0.2, 0.25) is 0 Å². The number of nitrogens with zero attached hydrogens (tertiary/aromatic N) is 6. The summed E-state index contributed by atoms with van der Waals surface area (Å²) in [5, 5.41) is 10.6. The average molecular weight is 616 g/mol. The molecular formula is C31H46FN7O5. The highest BCUT2D eigenvalue weighted by Crippen LogP contribution is 2.44. The lowest BCUT2D eigenvalue weighted by Crippen LogP contribution is -2.62. The summed E-state index contributed by atoms with van der Waals surface area (Å²) in [5.41, 5.74) is 0.214. The first-order valence-corrected chi connectivity index (χ1v) is 15.3. The van der Waals surface area contributed by atoms with E-state index in [-0.39, 0.29) is 53.3 Å². The van der Waals surface area contributed by atoms with E-state index in [1.165, 1.54) is 31.6 Å². The smallest absolute Gasteiger partial charge is 0.406 e. The Labute approximate surface area is 259 Å². The molecule has 4 rings (SSSR count). The van der Waals surface area contributed by atoms with Crippen molar-refractivity contribution in [2.24, 2.45) is 11.3 Å². The molecule has 2 fully saturated rings. The largest absolute Gasteiger partial charge is 0.447 e. The third kappa shape index (κ3) is 7.55. The summed E-state index contributed by atoms with van der Waals surface area (Å²) in [5.74, 6) is 0.468. The van der Waals surface area contributed by atoms with Crippen molar-refractivity contribution >= 4 is 17.8 Å². The van der Waals surface area contributed by atoms with Crippen LogP contribution in [0.1, 0.15) is 57.8 Å².